The number of Topliss-reactive ketones (excluding diaryl/α,β-unsaturated/α-hetero) is 1. The van der Waals surface area contributed by atoms with Gasteiger partial charge in [0.1, 0.15) is 5.75 Å². The van der Waals surface area contributed by atoms with Gasteiger partial charge in [-0.25, -0.2) is 4.79 Å². The Balaban J connectivity index is 1.79. The summed E-state index contributed by atoms with van der Waals surface area (Å²) in [6.07, 6.45) is 1.50. The van der Waals surface area contributed by atoms with Crippen molar-refractivity contribution in [3.8, 4) is 5.75 Å². The van der Waals surface area contributed by atoms with Crippen molar-refractivity contribution in [2.24, 2.45) is 0 Å². The summed E-state index contributed by atoms with van der Waals surface area (Å²) in [5.41, 5.74) is 3.77. The number of nitro groups is 1. The van der Waals surface area contributed by atoms with E-state index in [0.717, 1.165) is 17.0 Å². The van der Waals surface area contributed by atoms with Crippen LogP contribution in [0.3, 0.4) is 0 Å². The van der Waals surface area contributed by atoms with Crippen LogP contribution in [0, 0.1) is 10.1 Å². The molecule has 0 bridgehead atoms. The van der Waals surface area contributed by atoms with Gasteiger partial charge in [0.2, 0.25) is 0 Å². The summed E-state index contributed by atoms with van der Waals surface area (Å²) < 4.78 is 11.0. The Morgan fingerprint density at radius 1 is 1.14 bits per heavy atom. The first-order valence-electron chi connectivity index (χ1n) is 11.6. The van der Waals surface area contributed by atoms with Crippen molar-refractivity contribution in [2.75, 3.05) is 13.7 Å². The molecule has 8 nitrogen and oxygen atoms in total. The first-order chi connectivity index (χ1) is 16.8. The monoisotopic (exact) mass is 476 g/mol. The van der Waals surface area contributed by atoms with Crippen LogP contribution >= 0.6 is 0 Å². The maximum absolute atomic E-state index is 13.6. The second-order valence-corrected chi connectivity index (χ2v) is 8.74. The fourth-order valence-electron chi connectivity index (χ4n) is 4.93. The standard InChI is InChI=1S/C27H28N2O6/c1-4-13-35-27(31)24-16(2)28-21-14-18(20-7-5-6-8-23(20)34-3)15-22(30)26(21)25(24)17-9-11-19(12-10-17)29(32)33/h5-12,18,25,28H,4,13-15H2,1-3H3/t18-,25-/m0/s1. The van der Waals surface area contributed by atoms with Gasteiger partial charge < -0.3 is 14.8 Å². The molecule has 0 saturated heterocycles. The first-order valence-corrected chi connectivity index (χ1v) is 11.6. The molecule has 1 aliphatic carbocycles. The summed E-state index contributed by atoms with van der Waals surface area (Å²) in [6, 6.07) is 13.7. The van der Waals surface area contributed by atoms with Gasteiger partial charge in [-0.3, -0.25) is 14.9 Å². The summed E-state index contributed by atoms with van der Waals surface area (Å²) in [7, 11) is 1.61. The Kier molecular flexibility index (Phi) is 7.00. The highest BCUT2D eigenvalue weighted by atomic mass is 16.6. The highest BCUT2D eigenvalue weighted by molar-refractivity contribution is 6.04. The number of para-hydroxylation sites is 1. The lowest BCUT2D eigenvalue weighted by molar-refractivity contribution is -0.384. The molecule has 0 spiro atoms. The Bertz CT molecular complexity index is 1230. The zero-order valence-electron chi connectivity index (χ0n) is 20.0. The molecule has 2 aromatic rings. The Hall–Kier alpha value is -3.94. The van der Waals surface area contributed by atoms with Crippen molar-refractivity contribution in [1.82, 2.24) is 5.32 Å². The lowest BCUT2D eigenvalue weighted by atomic mass is 9.71. The largest absolute Gasteiger partial charge is 0.496 e. The lowest BCUT2D eigenvalue weighted by Crippen LogP contribution is -2.36. The molecule has 35 heavy (non-hydrogen) atoms. The fraction of sp³-hybridized carbons (Fsp3) is 0.333. The van der Waals surface area contributed by atoms with Gasteiger partial charge >= 0.3 is 5.97 Å². The number of benzene rings is 2. The number of nitrogens with zero attached hydrogens (tertiary/aromatic N) is 1. The maximum atomic E-state index is 13.6. The molecule has 1 aliphatic heterocycles. The second kappa shape index (κ2) is 10.1. The van der Waals surface area contributed by atoms with Crippen LogP contribution in [0.25, 0.3) is 0 Å². The van der Waals surface area contributed by atoms with Gasteiger partial charge in [-0.15, -0.1) is 0 Å². The van der Waals surface area contributed by atoms with Crippen molar-refractivity contribution in [3.63, 3.8) is 0 Å². The highest BCUT2D eigenvalue weighted by Crippen LogP contribution is 2.47. The van der Waals surface area contributed by atoms with Gasteiger partial charge in [0.05, 0.1) is 24.2 Å². The van der Waals surface area contributed by atoms with Gasteiger partial charge in [-0.1, -0.05) is 37.3 Å². The summed E-state index contributed by atoms with van der Waals surface area (Å²) in [6.45, 7) is 3.96. The molecular weight excluding hydrogens is 448 g/mol. The number of ether oxygens (including phenoxy) is 2. The number of esters is 1. The van der Waals surface area contributed by atoms with E-state index in [1.807, 2.05) is 31.2 Å². The van der Waals surface area contributed by atoms with E-state index in [1.165, 1.54) is 12.1 Å². The summed E-state index contributed by atoms with van der Waals surface area (Å²) >= 11 is 0. The molecule has 1 N–H and O–H groups in total. The molecule has 0 radical (unpaired) electrons. The number of ketones is 1. The van der Waals surface area contributed by atoms with Crippen molar-refractivity contribution < 1.29 is 24.0 Å². The number of methoxy groups -OCH3 is 1. The molecule has 0 aromatic heterocycles. The molecule has 0 fully saturated rings. The van der Waals surface area contributed by atoms with Crippen LogP contribution < -0.4 is 10.1 Å². The molecule has 2 atom stereocenters. The van der Waals surface area contributed by atoms with E-state index in [4.69, 9.17) is 9.47 Å². The minimum absolute atomic E-state index is 0.0566. The van der Waals surface area contributed by atoms with E-state index in [1.54, 1.807) is 26.2 Å². The molecule has 0 saturated carbocycles. The van der Waals surface area contributed by atoms with E-state index >= 15 is 0 Å². The van der Waals surface area contributed by atoms with Crippen LogP contribution in [-0.4, -0.2) is 30.4 Å². The third-order valence-corrected chi connectivity index (χ3v) is 6.50. The quantitative estimate of drug-likeness (QED) is 0.343. The fourth-order valence-corrected chi connectivity index (χ4v) is 4.93. The third kappa shape index (κ3) is 4.69. The minimum atomic E-state index is -0.664. The van der Waals surface area contributed by atoms with E-state index < -0.39 is 16.8 Å². The van der Waals surface area contributed by atoms with Gasteiger partial charge in [-0.2, -0.15) is 0 Å². The number of nitrogens with one attached hydrogen (secondary N) is 1. The lowest BCUT2D eigenvalue weighted by Gasteiger charge is -2.37. The smallest absolute Gasteiger partial charge is 0.336 e. The minimum Gasteiger partial charge on any atom is -0.496 e. The molecule has 4 rings (SSSR count). The average Bonchev–Trinajstić information content (AvgIpc) is 2.86. The summed E-state index contributed by atoms with van der Waals surface area (Å²) in [5.74, 6) is -0.586. The van der Waals surface area contributed by atoms with E-state index in [9.17, 15) is 19.7 Å². The molecule has 1 heterocycles. The number of nitro benzene ring substituents is 1. The number of carbonyl (C=O) groups excluding carboxylic acids is 2. The van der Waals surface area contributed by atoms with Crippen LogP contribution in [0.4, 0.5) is 5.69 Å². The second-order valence-electron chi connectivity index (χ2n) is 8.74. The van der Waals surface area contributed by atoms with Crippen molar-refractivity contribution in [3.05, 3.63) is 92.3 Å². The zero-order valence-corrected chi connectivity index (χ0v) is 20.0. The van der Waals surface area contributed by atoms with Gasteiger partial charge in [-0.05, 0) is 37.0 Å². The number of rotatable bonds is 7. The molecule has 2 aliphatic rings. The topological polar surface area (TPSA) is 108 Å². The molecule has 182 valence electrons. The Morgan fingerprint density at radius 2 is 1.86 bits per heavy atom. The number of hydrogen-bond acceptors (Lipinski definition) is 7. The Morgan fingerprint density at radius 3 is 2.51 bits per heavy atom. The van der Waals surface area contributed by atoms with Crippen molar-refractivity contribution in [2.45, 2.75) is 44.9 Å². The van der Waals surface area contributed by atoms with Gasteiger partial charge in [0.15, 0.2) is 5.78 Å². The number of allylic oxidation sites excluding steroid dienone is 3. The first kappa shape index (κ1) is 24.2. The zero-order chi connectivity index (χ0) is 25.1. The predicted octanol–water partition coefficient (Wildman–Crippen LogP) is 4.92. The average molecular weight is 477 g/mol. The molecule has 8 heteroatoms. The Labute approximate surface area is 203 Å². The predicted molar refractivity (Wildman–Crippen MR) is 130 cm³/mol. The molecule has 0 unspecified atom stereocenters. The van der Waals surface area contributed by atoms with E-state index in [-0.39, 0.29) is 30.4 Å². The van der Waals surface area contributed by atoms with Crippen LogP contribution in [0.2, 0.25) is 0 Å². The summed E-state index contributed by atoms with van der Waals surface area (Å²) in [5, 5.41) is 14.5. The maximum Gasteiger partial charge on any atom is 0.336 e. The van der Waals surface area contributed by atoms with Crippen LogP contribution in [0.1, 0.15) is 56.1 Å². The van der Waals surface area contributed by atoms with E-state index in [2.05, 4.69) is 5.32 Å². The van der Waals surface area contributed by atoms with Crippen LogP contribution in [0.15, 0.2) is 71.1 Å². The number of hydrogen-bond donors (Lipinski definition) is 1. The normalized spacial score (nSPS) is 19.7. The highest BCUT2D eigenvalue weighted by Gasteiger charge is 2.41. The van der Waals surface area contributed by atoms with Gasteiger partial charge in [0.25, 0.3) is 5.69 Å². The molecule has 2 aromatic carbocycles. The number of carbonyl (C=O) groups is 2. The molecule has 0 amide bonds. The number of non-ortho nitro benzene ring substituents is 1. The van der Waals surface area contributed by atoms with Crippen LogP contribution in [-0.2, 0) is 14.3 Å². The molecular formula is C27H28N2O6. The SMILES string of the molecule is CCCOC(=O)C1=C(C)NC2=C(C(=O)C[C@@H](c3ccccc3OC)C2)[C@H]1c1ccc([N+](=O)[O-])cc1. The number of dihydropyridines is 1. The summed E-state index contributed by atoms with van der Waals surface area (Å²) in [4.78, 5) is 37.4. The van der Waals surface area contributed by atoms with Crippen molar-refractivity contribution >= 4 is 17.4 Å². The third-order valence-electron chi connectivity index (χ3n) is 6.50. The van der Waals surface area contributed by atoms with Crippen molar-refractivity contribution in [1.29, 1.82) is 0 Å². The van der Waals surface area contributed by atoms with Crippen LogP contribution in [0.5, 0.6) is 5.75 Å². The van der Waals surface area contributed by atoms with Gasteiger partial charge in [0, 0.05) is 47.4 Å². The van der Waals surface area contributed by atoms with E-state index in [0.29, 0.717) is 35.2 Å².